The van der Waals surface area contributed by atoms with Crippen molar-refractivity contribution >= 4 is 0 Å². The average molecular weight is 288 g/mol. The third kappa shape index (κ3) is 5.61. The summed E-state index contributed by atoms with van der Waals surface area (Å²) in [5.74, 6) is 0.923. The number of hydrogen-bond donors (Lipinski definition) is 1. The topological polar surface area (TPSA) is 37.6 Å². The van der Waals surface area contributed by atoms with E-state index in [1.165, 1.54) is 11.1 Å². The van der Waals surface area contributed by atoms with Gasteiger partial charge in [-0.1, -0.05) is 19.1 Å². The van der Waals surface area contributed by atoms with Gasteiger partial charge in [-0.2, -0.15) is 0 Å². The highest BCUT2D eigenvalue weighted by molar-refractivity contribution is 5.27. The van der Waals surface area contributed by atoms with Crippen LogP contribution >= 0.6 is 0 Å². The van der Waals surface area contributed by atoms with Gasteiger partial charge in [-0.25, -0.2) is 0 Å². The number of ether oxygens (including phenoxy) is 1. The van der Waals surface area contributed by atoms with Crippen LogP contribution in [0.1, 0.15) is 18.1 Å². The van der Waals surface area contributed by atoms with E-state index >= 15 is 0 Å². The lowest BCUT2D eigenvalue weighted by atomic mass is 10.2. The van der Waals surface area contributed by atoms with Crippen LogP contribution in [0.25, 0.3) is 0 Å². The molecule has 0 saturated carbocycles. The van der Waals surface area contributed by atoms with Gasteiger partial charge in [0.25, 0.3) is 0 Å². The van der Waals surface area contributed by atoms with Gasteiger partial charge < -0.3 is 14.5 Å². The van der Waals surface area contributed by atoms with Crippen molar-refractivity contribution in [1.82, 2.24) is 10.2 Å². The Kier molecular flexibility index (Phi) is 6.31. The summed E-state index contributed by atoms with van der Waals surface area (Å²) in [4.78, 5) is 2.21. The highest BCUT2D eigenvalue weighted by Gasteiger charge is 2.02. The first-order valence-corrected chi connectivity index (χ1v) is 7.40. The molecule has 21 heavy (non-hydrogen) atoms. The maximum Gasteiger partial charge on any atom is 0.119 e. The van der Waals surface area contributed by atoms with Crippen molar-refractivity contribution < 1.29 is 9.15 Å². The zero-order chi connectivity index (χ0) is 14.9. The molecular weight excluding hydrogens is 264 g/mol. The summed E-state index contributed by atoms with van der Waals surface area (Å²) in [7, 11) is 2.08. The molecule has 1 aromatic heterocycles. The number of hydrogen-bond acceptors (Lipinski definition) is 4. The molecule has 4 heteroatoms. The highest BCUT2D eigenvalue weighted by atomic mass is 16.5. The molecule has 0 radical (unpaired) electrons. The Morgan fingerprint density at radius 3 is 2.62 bits per heavy atom. The lowest BCUT2D eigenvalue weighted by molar-refractivity contribution is 0.232. The molecule has 0 aliphatic heterocycles. The molecule has 0 bridgehead atoms. The molecule has 0 fully saturated rings. The molecule has 0 aliphatic rings. The smallest absolute Gasteiger partial charge is 0.119 e. The van der Waals surface area contributed by atoms with E-state index in [1.54, 1.807) is 12.5 Å². The Balaban J connectivity index is 1.68. The van der Waals surface area contributed by atoms with Crippen LogP contribution in [0.4, 0.5) is 0 Å². The fourth-order valence-electron chi connectivity index (χ4n) is 2.07. The number of likely N-dealkylation sites (N-methyl/N-ethyl adjacent to an activating group) is 1. The van der Waals surface area contributed by atoms with Crippen LogP contribution < -0.4 is 10.1 Å². The second kappa shape index (κ2) is 8.49. The van der Waals surface area contributed by atoms with Gasteiger partial charge in [0, 0.05) is 25.2 Å². The maximum absolute atomic E-state index is 5.77. The van der Waals surface area contributed by atoms with E-state index in [9.17, 15) is 0 Å². The van der Waals surface area contributed by atoms with Crippen LogP contribution in [-0.4, -0.2) is 31.6 Å². The number of nitrogens with one attached hydrogen (secondary N) is 1. The number of rotatable bonds is 9. The Labute approximate surface area is 126 Å². The van der Waals surface area contributed by atoms with Crippen LogP contribution in [-0.2, 0) is 13.1 Å². The average Bonchev–Trinajstić information content (AvgIpc) is 2.99. The van der Waals surface area contributed by atoms with Gasteiger partial charge >= 0.3 is 0 Å². The standard InChI is InChI=1S/C17H24N2O2/c1-3-18-12-15-4-6-17(7-5-15)21-11-9-19(2)13-16-8-10-20-14-16/h4-8,10,14,18H,3,9,11-13H2,1-2H3. The molecule has 2 rings (SSSR count). The van der Waals surface area contributed by atoms with Crippen LogP contribution in [0.2, 0.25) is 0 Å². The first-order valence-electron chi connectivity index (χ1n) is 7.40. The van der Waals surface area contributed by atoms with Crippen molar-refractivity contribution in [3.05, 3.63) is 54.0 Å². The maximum atomic E-state index is 5.77. The SMILES string of the molecule is CCNCc1ccc(OCCN(C)Cc2ccoc2)cc1. The molecule has 0 aliphatic carbocycles. The Bertz CT molecular complexity index is 494. The minimum absolute atomic E-state index is 0.681. The number of furan rings is 1. The van der Waals surface area contributed by atoms with Crippen LogP contribution in [0.15, 0.2) is 47.3 Å². The molecule has 1 heterocycles. The fourth-order valence-corrected chi connectivity index (χ4v) is 2.07. The Morgan fingerprint density at radius 1 is 1.14 bits per heavy atom. The Hall–Kier alpha value is -1.78. The second-order valence-corrected chi connectivity index (χ2v) is 5.14. The first kappa shape index (κ1) is 15.6. The highest BCUT2D eigenvalue weighted by Crippen LogP contribution is 2.12. The van der Waals surface area contributed by atoms with Crippen molar-refractivity contribution in [2.24, 2.45) is 0 Å². The van der Waals surface area contributed by atoms with E-state index in [2.05, 4.69) is 36.3 Å². The summed E-state index contributed by atoms with van der Waals surface area (Å²) in [6.45, 7) is 6.44. The monoisotopic (exact) mass is 288 g/mol. The molecule has 0 spiro atoms. The van der Waals surface area contributed by atoms with Gasteiger partial charge in [-0.15, -0.1) is 0 Å². The summed E-state index contributed by atoms with van der Waals surface area (Å²) in [6.07, 6.45) is 3.48. The molecule has 0 amide bonds. The van der Waals surface area contributed by atoms with Crippen molar-refractivity contribution in [2.45, 2.75) is 20.0 Å². The number of nitrogens with zero attached hydrogens (tertiary/aromatic N) is 1. The van der Waals surface area contributed by atoms with E-state index in [-0.39, 0.29) is 0 Å². The Morgan fingerprint density at radius 2 is 1.95 bits per heavy atom. The summed E-state index contributed by atoms with van der Waals surface area (Å²) in [6, 6.07) is 10.3. The lowest BCUT2D eigenvalue weighted by Crippen LogP contribution is -2.23. The predicted molar refractivity (Wildman–Crippen MR) is 84.4 cm³/mol. The van der Waals surface area contributed by atoms with Crippen molar-refractivity contribution in [3.8, 4) is 5.75 Å². The van der Waals surface area contributed by atoms with Gasteiger partial charge in [0.05, 0.1) is 12.5 Å². The molecule has 0 atom stereocenters. The fraction of sp³-hybridized carbons (Fsp3) is 0.412. The molecule has 4 nitrogen and oxygen atoms in total. The molecule has 114 valence electrons. The van der Waals surface area contributed by atoms with Crippen LogP contribution in [0.5, 0.6) is 5.75 Å². The zero-order valence-corrected chi connectivity index (χ0v) is 12.8. The molecule has 0 saturated heterocycles. The van der Waals surface area contributed by atoms with Gasteiger partial charge in [0.1, 0.15) is 12.4 Å². The van der Waals surface area contributed by atoms with Crippen LogP contribution in [0, 0.1) is 0 Å². The number of benzene rings is 1. The van der Waals surface area contributed by atoms with Crippen molar-refractivity contribution in [1.29, 1.82) is 0 Å². The third-order valence-electron chi connectivity index (χ3n) is 3.28. The quantitative estimate of drug-likeness (QED) is 0.770. The summed E-state index contributed by atoms with van der Waals surface area (Å²) in [5, 5.41) is 3.31. The van der Waals surface area contributed by atoms with Gasteiger partial charge in [0.15, 0.2) is 0 Å². The van der Waals surface area contributed by atoms with Crippen molar-refractivity contribution in [2.75, 3.05) is 26.7 Å². The van der Waals surface area contributed by atoms with E-state index in [0.29, 0.717) is 6.61 Å². The molecule has 1 aromatic carbocycles. The van der Waals surface area contributed by atoms with Gasteiger partial charge in [0.2, 0.25) is 0 Å². The first-order chi connectivity index (χ1) is 10.3. The molecular formula is C17H24N2O2. The largest absolute Gasteiger partial charge is 0.492 e. The summed E-state index contributed by atoms with van der Waals surface area (Å²) < 4.78 is 10.8. The normalized spacial score (nSPS) is 11.0. The van der Waals surface area contributed by atoms with E-state index in [0.717, 1.165) is 31.9 Å². The predicted octanol–water partition coefficient (Wildman–Crippen LogP) is 2.90. The van der Waals surface area contributed by atoms with E-state index < -0.39 is 0 Å². The summed E-state index contributed by atoms with van der Waals surface area (Å²) in [5.41, 5.74) is 2.46. The molecule has 1 N–H and O–H groups in total. The molecule has 0 unspecified atom stereocenters. The third-order valence-corrected chi connectivity index (χ3v) is 3.28. The van der Waals surface area contributed by atoms with E-state index in [1.807, 2.05) is 18.2 Å². The van der Waals surface area contributed by atoms with Gasteiger partial charge in [-0.05, 0) is 37.4 Å². The molecule has 2 aromatic rings. The van der Waals surface area contributed by atoms with Crippen LogP contribution in [0.3, 0.4) is 0 Å². The van der Waals surface area contributed by atoms with Gasteiger partial charge in [-0.3, -0.25) is 4.90 Å². The van der Waals surface area contributed by atoms with Crippen molar-refractivity contribution in [3.63, 3.8) is 0 Å². The van der Waals surface area contributed by atoms with E-state index in [4.69, 9.17) is 9.15 Å². The second-order valence-electron chi connectivity index (χ2n) is 5.14. The lowest BCUT2D eigenvalue weighted by Gasteiger charge is -2.16. The summed E-state index contributed by atoms with van der Waals surface area (Å²) >= 11 is 0. The minimum Gasteiger partial charge on any atom is -0.492 e. The minimum atomic E-state index is 0.681. The zero-order valence-electron chi connectivity index (χ0n) is 12.8.